The summed E-state index contributed by atoms with van der Waals surface area (Å²) in [4.78, 5) is 0. The molecule has 1 aromatic carbocycles. The van der Waals surface area contributed by atoms with Crippen LogP contribution in [0.1, 0.15) is 5.69 Å². The Morgan fingerprint density at radius 3 is 2.94 bits per heavy atom. The summed E-state index contributed by atoms with van der Waals surface area (Å²) in [6.07, 6.45) is 2.54. The predicted molar refractivity (Wildman–Crippen MR) is 68.3 cm³/mol. The number of hydrogen-bond acceptors (Lipinski definition) is 3. The predicted octanol–water partition coefficient (Wildman–Crippen LogP) is 2.24. The number of nitrogens with one attached hydrogen (secondary N) is 1. The molecule has 4 nitrogen and oxygen atoms in total. The lowest BCUT2D eigenvalue weighted by atomic mass is 10.0. The van der Waals surface area contributed by atoms with Crippen LogP contribution in [-0.2, 0) is 6.42 Å². The van der Waals surface area contributed by atoms with Crippen molar-refractivity contribution < 1.29 is 4.74 Å². The van der Waals surface area contributed by atoms with Crippen LogP contribution in [0.4, 0.5) is 0 Å². The van der Waals surface area contributed by atoms with Gasteiger partial charge < -0.3 is 10.5 Å². The smallest absolute Gasteiger partial charge is 0.137 e. The third-order valence-corrected chi connectivity index (χ3v) is 2.87. The van der Waals surface area contributed by atoms with E-state index in [9.17, 15) is 0 Å². The van der Waals surface area contributed by atoms with E-state index in [1.54, 1.807) is 13.3 Å². The summed E-state index contributed by atoms with van der Waals surface area (Å²) >= 11 is 6.10. The van der Waals surface area contributed by atoms with Gasteiger partial charge in [0, 0.05) is 17.7 Å². The molecule has 17 heavy (non-hydrogen) atoms. The SMILES string of the molecule is COc1ccc(-c2cn[nH]c2CCN)cc1Cl. The largest absolute Gasteiger partial charge is 0.495 e. The lowest BCUT2D eigenvalue weighted by Crippen LogP contribution is -2.03. The van der Waals surface area contributed by atoms with Crippen molar-refractivity contribution in [1.82, 2.24) is 10.2 Å². The average molecular weight is 252 g/mol. The van der Waals surface area contributed by atoms with Gasteiger partial charge >= 0.3 is 0 Å². The van der Waals surface area contributed by atoms with E-state index < -0.39 is 0 Å². The lowest BCUT2D eigenvalue weighted by molar-refractivity contribution is 0.415. The molecule has 0 spiro atoms. The van der Waals surface area contributed by atoms with Crippen molar-refractivity contribution in [2.45, 2.75) is 6.42 Å². The molecule has 2 aromatic rings. The minimum atomic E-state index is 0.582. The van der Waals surface area contributed by atoms with Crippen LogP contribution in [0.15, 0.2) is 24.4 Å². The quantitative estimate of drug-likeness (QED) is 0.876. The number of benzene rings is 1. The van der Waals surface area contributed by atoms with E-state index in [1.807, 2.05) is 18.2 Å². The zero-order chi connectivity index (χ0) is 12.3. The minimum Gasteiger partial charge on any atom is -0.495 e. The van der Waals surface area contributed by atoms with Gasteiger partial charge in [-0.2, -0.15) is 5.10 Å². The molecule has 3 N–H and O–H groups in total. The van der Waals surface area contributed by atoms with E-state index in [0.717, 1.165) is 23.2 Å². The molecular formula is C12H14ClN3O. The van der Waals surface area contributed by atoms with Gasteiger partial charge in [0.05, 0.1) is 18.3 Å². The minimum absolute atomic E-state index is 0.582. The monoisotopic (exact) mass is 251 g/mol. The molecule has 0 unspecified atom stereocenters. The van der Waals surface area contributed by atoms with Crippen molar-refractivity contribution >= 4 is 11.6 Å². The molecule has 0 aliphatic carbocycles. The fraction of sp³-hybridized carbons (Fsp3) is 0.250. The van der Waals surface area contributed by atoms with Crippen LogP contribution in [0.3, 0.4) is 0 Å². The fourth-order valence-electron chi connectivity index (χ4n) is 1.73. The van der Waals surface area contributed by atoms with Crippen molar-refractivity contribution in [3.63, 3.8) is 0 Å². The highest BCUT2D eigenvalue weighted by Gasteiger charge is 2.09. The number of ether oxygens (including phenoxy) is 1. The molecule has 1 heterocycles. The zero-order valence-corrected chi connectivity index (χ0v) is 10.3. The second-order valence-electron chi connectivity index (χ2n) is 3.65. The Balaban J connectivity index is 2.39. The maximum atomic E-state index is 6.10. The molecule has 0 fully saturated rings. The molecule has 2 rings (SSSR count). The van der Waals surface area contributed by atoms with E-state index in [0.29, 0.717) is 17.3 Å². The maximum absolute atomic E-state index is 6.10. The number of H-pyrrole nitrogens is 1. The highest BCUT2D eigenvalue weighted by atomic mass is 35.5. The van der Waals surface area contributed by atoms with Crippen LogP contribution in [0.5, 0.6) is 5.75 Å². The van der Waals surface area contributed by atoms with Crippen molar-refractivity contribution in [2.75, 3.05) is 13.7 Å². The Bertz CT molecular complexity index is 510. The first-order valence-corrected chi connectivity index (χ1v) is 5.70. The van der Waals surface area contributed by atoms with E-state index in [2.05, 4.69) is 10.2 Å². The molecule has 1 aromatic heterocycles. The number of rotatable bonds is 4. The molecule has 0 aliphatic rings. The second kappa shape index (κ2) is 5.21. The number of nitrogens with zero attached hydrogens (tertiary/aromatic N) is 1. The highest BCUT2D eigenvalue weighted by Crippen LogP contribution is 2.31. The average Bonchev–Trinajstić information content (AvgIpc) is 2.78. The van der Waals surface area contributed by atoms with Crippen LogP contribution in [0, 0.1) is 0 Å². The summed E-state index contributed by atoms with van der Waals surface area (Å²) in [6, 6.07) is 5.66. The first-order chi connectivity index (χ1) is 8.26. The zero-order valence-electron chi connectivity index (χ0n) is 9.53. The summed E-state index contributed by atoms with van der Waals surface area (Å²) in [6.45, 7) is 0.582. The van der Waals surface area contributed by atoms with Crippen LogP contribution < -0.4 is 10.5 Å². The van der Waals surface area contributed by atoms with Crippen molar-refractivity contribution in [2.24, 2.45) is 5.73 Å². The first kappa shape index (κ1) is 12.0. The van der Waals surface area contributed by atoms with Gasteiger partial charge in [-0.05, 0) is 24.2 Å². The van der Waals surface area contributed by atoms with Crippen molar-refractivity contribution in [3.8, 4) is 16.9 Å². The number of hydrogen-bond donors (Lipinski definition) is 2. The summed E-state index contributed by atoms with van der Waals surface area (Å²) in [5.74, 6) is 0.666. The molecule has 0 saturated heterocycles. The normalized spacial score (nSPS) is 10.5. The van der Waals surface area contributed by atoms with Crippen molar-refractivity contribution in [1.29, 1.82) is 0 Å². The van der Waals surface area contributed by atoms with Crippen LogP contribution in [0.25, 0.3) is 11.1 Å². The van der Waals surface area contributed by atoms with Gasteiger partial charge in [-0.1, -0.05) is 17.7 Å². The molecule has 0 aliphatic heterocycles. The number of aromatic amines is 1. The van der Waals surface area contributed by atoms with Crippen LogP contribution in [-0.4, -0.2) is 23.9 Å². The Labute approximate surface area is 105 Å². The van der Waals surface area contributed by atoms with E-state index in [1.165, 1.54) is 0 Å². The van der Waals surface area contributed by atoms with Gasteiger partial charge in [0.15, 0.2) is 0 Å². The highest BCUT2D eigenvalue weighted by molar-refractivity contribution is 6.32. The Kier molecular flexibility index (Phi) is 3.66. The van der Waals surface area contributed by atoms with Gasteiger partial charge in [0.2, 0.25) is 0 Å². The first-order valence-electron chi connectivity index (χ1n) is 5.32. The van der Waals surface area contributed by atoms with Gasteiger partial charge in [0.25, 0.3) is 0 Å². The molecule has 0 saturated carbocycles. The molecule has 0 atom stereocenters. The van der Waals surface area contributed by atoms with Crippen LogP contribution >= 0.6 is 11.6 Å². The number of halogens is 1. The summed E-state index contributed by atoms with van der Waals surface area (Å²) in [5, 5.41) is 7.57. The van der Waals surface area contributed by atoms with E-state index >= 15 is 0 Å². The molecular weight excluding hydrogens is 238 g/mol. The summed E-state index contributed by atoms with van der Waals surface area (Å²) in [5.41, 5.74) is 8.61. The van der Waals surface area contributed by atoms with E-state index in [4.69, 9.17) is 22.1 Å². The number of nitrogens with two attached hydrogens (primary N) is 1. The lowest BCUT2D eigenvalue weighted by Gasteiger charge is -2.06. The maximum Gasteiger partial charge on any atom is 0.137 e. The molecule has 5 heteroatoms. The standard InChI is InChI=1S/C12H14ClN3O/c1-17-12-3-2-8(6-10(12)13)9-7-15-16-11(9)4-5-14/h2-3,6-7H,4-5,14H2,1H3,(H,15,16). The fourth-order valence-corrected chi connectivity index (χ4v) is 1.99. The summed E-state index contributed by atoms with van der Waals surface area (Å²) in [7, 11) is 1.60. The molecule has 0 radical (unpaired) electrons. The Morgan fingerprint density at radius 2 is 2.29 bits per heavy atom. The number of methoxy groups -OCH3 is 1. The molecule has 0 amide bonds. The second-order valence-corrected chi connectivity index (χ2v) is 4.06. The summed E-state index contributed by atoms with van der Waals surface area (Å²) < 4.78 is 5.12. The van der Waals surface area contributed by atoms with Gasteiger partial charge in [0.1, 0.15) is 5.75 Å². The van der Waals surface area contributed by atoms with Gasteiger partial charge in [-0.3, -0.25) is 5.10 Å². The Morgan fingerprint density at radius 1 is 1.47 bits per heavy atom. The number of aromatic nitrogens is 2. The van der Waals surface area contributed by atoms with Crippen LogP contribution in [0.2, 0.25) is 5.02 Å². The topological polar surface area (TPSA) is 63.9 Å². The molecule has 90 valence electrons. The Hall–Kier alpha value is -1.52. The molecule has 0 bridgehead atoms. The van der Waals surface area contributed by atoms with Gasteiger partial charge in [-0.15, -0.1) is 0 Å². The van der Waals surface area contributed by atoms with E-state index in [-0.39, 0.29) is 0 Å². The third kappa shape index (κ3) is 2.43. The third-order valence-electron chi connectivity index (χ3n) is 2.58. The van der Waals surface area contributed by atoms with Gasteiger partial charge in [-0.25, -0.2) is 0 Å². The van der Waals surface area contributed by atoms with Crippen molar-refractivity contribution in [3.05, 3.63) is 35.1 Å².